The number of ketones is 1. The number of sulfonamides is 1. The Hall–Kier alpha value is -3.69. The number of nitrogens with two attached hydrogens (primary N) is 1. The van der Waals surface area contributed by atoms with Crippen molar-refractivity contribution in [3.63, 3.8) is 0 Å². The Morgan fingerprint density at radius 1 is 0.825 bits per heavy atom. The van der Waals surface area contributed by atoms with E-state index in [0.717, 1.165) is 0 Å². The summed E-state index contributed by atoms with van der Waals surface area (Å²) < 4.78 is 65.4. The minimum atomic E-state index is -5.15. The van der Waals surface area contributed by atoms with Gasteiger partial charge in [0.15, 0.2) is 5.78 Å². The van der Waals surface area contributed by atoms with E-state index in [1.54, 1.807) is 54.6 Å². The number of halogens is 2. The van der Waals surface area contributed by atoms with Gasteiger partial charge >= 0.3 is 13.8 Å². The topological polar surface area (TPSA) is 124 Å². The molecule has 4 aromatic rings. The molecular formula is C29H26F2NO6PS. The molecule has 208 valence electrons. The molecule has 0 aromatic heterocycles. The molecular weight excluding hydrogens is 559 g/mol. The Bertz CT molecular complexity index is 1620. The number of carbonyl (C=O) groups is 1. The molecule has 0 heterocycles. The number of hydrogen-bond donors (Lipinski definition) is 2. The van der Waals surface area contributed by atoms with Crippen molar-refractivity contribution in [1.82, 2.24) is 0 Å². The molecule has 2 atom stereocenters. The molecule has 40 heavy (non-hydrogen) atoms. The quantitative estimate of drug-likeness (QED) is 0.171. The molecule has 0 aliphatic carbocycles. The molecule has 0 aliphatic rings. The second-order valence-corrected chi connectivity index (χ2v) is 12.5. The van der Waals surface area contributed by atoms with E-state index in [-0.39, 0.29) is 29.3 Å². The summed E-state index contributed by atoms with van der Waals surface area (Å²) in [5.41, 5.74) is 1.30. The molecule has 11 heteroatoms. The lowest BCUT2D eigenvalue weighted by atomic mass is 9.67. The van der Waals surface area contributed by atoms with Crippen molar-refractivity contribution in [3.8, 4) is 5.75 Å². The Kier molecular flexibility index (Phi) is 8.65. The number of primary sulfonamides is 1. The van der Waals surface area contributed by atoms with Gasteiger partial charge in [0.2, 0.25) is 10.0 Å². The predicted molar refractivity (Wildman–Crippen MR) is 147 cm³/mol. The SMILES string of the molecule is NS(=O)(=O)c1ccc(CC(Cc2ccc(OP(=O)(O)C(F)F)cc2)(C(=O)c2ccccc2)c2ccccc2)cc1. The van der Waals surface area contributed by atoms with Crippen molar-refractivity contribution < 1.29 is 36.0 Å². The van der Waals surface area contributed by atoms with Gasteiger partial charge in [0.25, 0.3) is 0 Å². The van der Waals surface area contributed by atoms with Gasteiger partial charge in [0.1, 0.15) is 5.75 Å². The molecule has 0 spiro atoms. The molecule has 7 nitrogen and oxygen atoms in total. The molecule has 0 amide bonds. The summed E-state index contributed by atoms with van der Waals surface area (Å²) in [5.74, 6) is -0.402. The van der Waals surface area contributed by atoms with Crippen LogP contribution in [0.15, 0.2) is 114 Å². The summed E-state index contributed by atoms with van der Waals surface area (Å²) >= 11 is 0. The highest BCUT2D eigenvalue weighted by molar-refractivity contribution is 7.89. The third-order valence-corrected chi connectivity index (χ3v) is 8.36. The van der Waals surface area contributed by atoms with Gasteiger partial charge in [-0.2, -0.15) is 8.78 Å². The highest BCUT2D eigenvalue weighted by atomic mass is 32.2. The average molecular weight is 586 g/mol. The van der Waals surface area contributed by atoms with E-state index in [9.17, 15) is 31.5 Å². The van der Waals surface area contributed by atoms with Gasteiger partial charge in [-0.15, -0.1) is 0 Å². The zero-order valence-electron chi connectivity index (χ0n) is 21.1. The monoisotopic (exact) mass is 585 g/mol. The predicted octanol–water partition coefficient (Wildman–Crippen LogP) is 5.73. The average Bonchev–Trinajstić information content (AvgIpc) is 2.94. The summed E-state index contributed by atoms with van der Waals surface area (Å²) in [6.07, 6.45) is -3.21. The maximum Gasteiger partial charge on any atom is 0.442 e. The summed E-state index contributed by atoms with van der Waals surface area (Å²) in [6.45, 7) is 0. The molecule has 0 saturated carbocycles. The summed E-state index contributed by atoms with van der Waals surface area (Å²) in [4.78, 5) is 23.7. The van der Waals surface area contributed by atoms with Crippen LogP contribution in [0.4, 0.5) is 8.78 Å². The smallest absolute Gasteiger partial charge is 0.421 e. The Morgan fingerprint density at radius 3 is 1.77 bits per heavy atom. The van der Waals surface area contributed by atoms with E-state index < -0.39 is 29.2 Å². The summed E-state index contributed by atoms with van der Waals surface area (Å²) in [6, 6.07) is 29.5. The second-order valence-electron chi connectivity index (χ2n) is 9.26. The molecule has 0 fully saturated rings. The van der Waals surface area contributed by atoms with Crippen molar-refractivity contribution in [1.29, 1.82) is 0 Å². The van der Waals surface area contributed by atoms with Gasteiger partial charge in [-0.25, -0.2) is 18.1 Å². The Labute approximate surface area is 230 Å². The van der Waals surface area contributed by atoms with Crippen LogP contribution in [0.3, 0.4) is 0 Å². The van der Waals surface area contributed by atoms with Crippen LogP contribution in [0.5, 0.6) is 5.75 Å². The number of benzene rings is 4. The van der Waals surface area contributed by atoms with E-state index >= 15 is 0 Å². The van der Waals surface area contributed by atoms with Crippen molar-refractivity contribution in [2.24, 2.45) is 5.14 Å². The van der Waals surface area contributed by atoms with Gasteiger partial charge < -0.3 is 9.42 Å². The van der Waals surface area contributed by atoms with E-state index in [0.29, 0.717) is 22.3 Å². The summed E-state index contributed by atoms with van der Waals surface area (Å²) in [5, 5.41) is 5.25. The highest BCUT2D eigenvalue weighted by Crippen LogP contribution is 2.49. The maximum atomic E-state index is 14.3. The lowest BCUT2D eigenvalue weighted by Gasteiger charge is -2.34. The van der Waals surface area contributed by atoms with Crippen LogP contribution in [0.1, 0.15) is 27.0 Å². The lowest BCUT2D eigenvalue weighted by Crippen LogP contribution is -2.40. The number of Topliss-reactive ketones (excluding diaryl/α,β-unsaturated/α-hetero) is 1. The van der Waals surface area contributed by atoms with Crippen molar-refractivity contribution in [2.45, 2.75) is 29.3 Å². The fourth-order valence-corrected chi connectivity index (χ4v) is 5.55. The Balaban J connectivity index is 1.81. The normalized spacial score (nSPS) is 14.7. The van der Waals surface area contributed by atoms with Crippen LogP contribution >= 0.6 is 7.60 Å². The van der Waals surface area contributed by atoms with Crippen molar-refractivity contribution in [2.75, 3.05) is 0 Å². The van der Waals surface area contributed by atoms with E-state index in [2.05, 4.69) is 4.52 Å². The standard InChI is InChI=1S/C29H26F2NO6PS/c30-28(31)39(34,35)38-25-15-11-21(12-16-25)19-29(24-9-5-2-6-10-24,27(33)23-7-3-1-4-8-23)20-22-13-17-26(18-14-22)40(32,36)37/h1-18,28H,19-20H2,(H,34,35)(H2,32,36,37). The van der Waals surface area contributed by atoms with Crippen molar-refractivity contribution in [3.05, 3.63) is 131 Å². The second kappa shape index (κ2) is 11.8. The van der Waals surface area contributed by atoms with E-state index in [1.807, 2.05) is 30.3 Å². The lowest BCUT2D eigenvalue weighted by molar-refractivity contribution is 0.0879. The minimum Gasteiger partial charge on any atom is -0.421 e. The third-order valence-electron chi connectivity index (χ3n) is 6.47. The molecule has 0 radical (unpaired) electrons. The van der Waals surface area contributed by atoms with Crippen LogP contribution in [-0.4, -0.2) is 25.3 Å². The minimum absolute atomic E-state index is 0.0588. The van der Waals surface area contributed by atoms with Gasteiger partial charge in [0, 0.05) is 5.56 Å². The molecule has 4 aromatic carbocycles. The van der Waals surface area contributed by atoms with Gasteiger partial charge in [0.05, 0.1) is 10.3 Å². The first-order valence-corrected chi connectivity index (χ1v) is 15.3. The zero-order chi connectivity index (χ0) is 29.0. The van der Waals surface area contributed by atoms with Crippen molar-refractivity contribution >= 4 is 23.4 Å². The largest absolute Gasteiger partial charge is 0.442 e. The number of carbonyl (C=O) groups excluding carboxylic acids is 1. The molecule has 0 aliphatic heterocycles. The summed E-state index contributed by atoms with van der Waals surface area (Å²) in [7, 11) is -9.06. The number of alkyl halides is 2. The van der Waals surface area contributed by atoms with E-state index in [4.69, 9.17) is 5.14 Å². The zero-order valence-corrected chi connectivity index (χ0v) is 22.8. The van der Waals surface area contributed by atoms with Crippen LogP contribution < -0.4 is 9.66 Å². The van der Waals surface area contributed by atoms with Gasteiger partial charge in [-0.1, -0.05) is 84.9 Å². The first-order valence-electron chi connectivity index (χ1n) is 12.1. The first-order chi connectivity index (χ1) is 18.9. The highest BCUT2D eigenvalue weighted by Gasteiger charge is 2.41. The molecule has 2 unspecified atom stereocenters. The fraction of sp³-hybridized carbons (Fsp3) is 0.138. The third kappa shape index (κ3) is 6.71. The fourth-order valence-electron chi connectivity index (χ4n) is 4.53. The van der Waals surface area contributed by atoms with Crippen LogP contribution in [-0.2, 0) is 32.8 Å². The van der Waals surface area contributed by atoms with E-state index in [1.165, 1.54) is 24.3 Å². The van der Waals surface area contributed by atoms with Crippen LogP contribution in [0.2, 0.25) is 0 Å². The van der Waals surface area contributed by atoms with Crippen LogP contribution in [0.25, 0.3) is 0 Å². The molecule has 0 saturated heterocycles. The maximum absolute atomic E-state index is 14.3. The number of hydrogen-bond acceptors (Lipinski definition) is 5. The Morgan fingerprint density at radius 2 is 1.30 bits per heavy atom. The van der Waals surface area contributed by atoms with Gasteiger partial charge in [-0.3, -0.25) is 4.79 Å². The van der Waals surface area contributed by atoms with Gasteiger partial charge in [-0.05, 0) is 53.8 Å². The number of rotatable bonds is 11. The molecule has 0 bridgehead atoms. The molecule has 3 N–H and O–H groups in total. The van der Waals surface area contributed by atoms with Crippen LogP contribution in [0, 0.1) is 0 Å². The molecule has 4 rings (SSSR count). The first kappa shape index (κ1) is 29.3.